The molecule has 0 aliphatic rings. The van der Waals surface area contributed by atoms with Gasteiger partial charge in [-0.2, -0.15) is 18.2 Å². The minimum atomic E-state index is -4.89. The molecule has 0 saturated heterocycles. The Labute approximate surface area is 170 Å². The molecule has 31 heavy (non-hydrogen) atoms. The van der Waals surface area contributed by atoms with Crippen LogP contribution in [0.3, 0.4) is 0 Å². The summed E-state index contributed by atoms with van der Waals surface area (Å²) in [6.45, 7) is 0.129. The molecule has 0 aliphatic heterocycles. The number of nitrogens with one attached hydrogen (secondary N) is 1. The van der Waals surface area contributed by atoms with Crippen LogP contribution in [0.25, 0.3) is 0 Å². The molecular formula is C19H12F7N3O2. The number of nitrogens with zero attached hydrogens (tertiary/aromatic N) is 2. The van der Waals surface area contributed by atoms with E-state index in [1.54, 1.807) is 0 Å². The van der Waals surface area contributed by atoms with Gasteiger partial charge in [0.15, 0.2) is 0 Å². The van der Waals surface area contributed by atoms with Gasteiger partial charge in [0.05, 0.1) is 5.56 Å². The number of anilines is 1. The van der Waals surface area contributed by atoms with Crippen LogP contribution in [0.2, 0.25) is 0 Å². The first-order valence-electron chi connectivity index (χ1n) is 8.46. The SMILES string of the molecule is Fc1ccc(Oc2ccnc(NCc3ccc(OC(F)(F)F)cc3)n2)cc1C(F)(F)F. The van der Waals surface area contributed by atoms with Gasteiger partial charge >= 0.3 is 12.5 Å². The summed E-state index contributed by atoms with van der Waals surface area (Å²) >= 11 is 0. The fraction of sp³-hybridized carbons (Fsp3) is 0.158. The average molecular weight is 447 g/mol. The predicted molar refractivity (Wildman–Crippen MR) is 94.0 cm³/mol. The van der Waals surface area contributed by atoms with Crippen LogP contribution >= 0.6 is 0 Å². The molecule has 1 aromatic heterocycles. The van der Waals surface area contributed by atoms with Crippen molar-refractivity contribution in [3.05, 3.63) is 71.7 Å². The van der Waals surface area contributed by atoms with Crippen LogP contribution in [-0.2, 0) is 12.7 Å². The molecular weight excluding hydrogens is 435 g/mol. The van der Waals surface area contributed by atoms with Gasteiger partial charge in [-0.05, 0) is 35.9 Å². The Kier molecular flexibility index (Phi) is 6.18. The van der Waals surface area contributed by atoms with Crippen LogP contribution in [0.4, 0.5) is 36.7 Å². The van der Waals surface area contributed by atoms with Gasteiger partial charge in [0.2, 0.25) is 11.8 Å². The summed E-state index contributed by atoms with van der Waals surface area (Å²) in [6.07, 6.45) is -8.40. The lowest BCUT2D eigenvalue weighted by atomic mass is 10.2. The van der Waals surface area contributed by atoms with Crippen LogP contribution < -0.4 is 14.8 Å². The van der Waals surface area contributed by atoms with E-state index in [4.69, 9.17) is 4.74 Å². The lowest BCUT2D eigenvalue weighted by Crippen LogP contribution is -2.17. The molecule has 5 nitrogen and oxygen atoms in total. The molecule has 0 saturated carbocycles. The normalized spacial score (nSPS) is 11.8. The van der Waals surface area contributed by atoms with E-state index >= 15 is 0 Å². The van der Waals surface area contributed by atoms with Crippen LogP contribution in [0, 0.1) is 5.82 Å². The number of benzene rings is 2. The summed E-state index contributed by atoms with van der Waals surface area (Å²) in [4.78, 5) is 7.89. The van der Waals surface area contributed by atoms with Gasteiger partial charge in [-0.15, -0.1) is 13.2 Å². The third-order valence-electron chi connectivity index (χ3n) is 3.70. The smallest absolute Gasteiger partial charge is 0.439 e. The Hall–Kier alpha value is -3.57. The molecule has 12 heteroatoms. The minimum absolute atomic E-state index is 0.0475. The molecule has 0 bridgehead atoms. The standard InChI is InChI=1S/C19H12F7N3O2/c20-15-6-5-13(9-14(15)18(21,22)23)30-16-7-8-27-17(29-16)28-10-11-1-3-12(4-2-11)31-19(24,25)26/h1-9H,10H2,(H,27,28,29). The highest BCUT2D eigenvalue weighted by atomic mass is 19.4. The van der Waals surface area contributed by atoms with Crippen LogP contribution in [-0.4, -0.2) is 16.3 Å². The molecule has 0 fully saturated rings. The first-order chi connectivity index (χ1) is 14.5. The Balaban J connectivity index is 1.65. The summed E-state index contributed by atoms with van der Waals surface area (Å²) < 4.78 is 97.3. The van der Waals surface area contributed by atoms with Crippen molar-refractivity contribution in [3.63, 3.8) is 0 Å². The topological polar surface area (TPSA) is 56.3 Å². The molecule has 0 atom stereocenters. The first-order valence-corrected chi connectivity index (χ1v) is 8.46. The van der Waals surface area contributed by atoms with Gasteiger partial charge in [0.1, 0.15) is 17.3 Å². The number of hydrogen-bond acceptors (Lipinski definition) is 5. The van der Waals surface area contributed by atoms with Gasteiger partial charge in [-0.1, -0.05) is 12.1 Å². The molecule has 0 spiro atoms. The Morgan fingerprint density at radius 2 is 1.55 bits per heavy atom. The predicted octanol–water partition coefficient (Wildman–Crippen LogP) is 5.94. The average Bonchev–Trinajstić information content (AvgIpc) is 2.67. The molecule has 1 heterocycles. The number of rotatable bonds is 6. The monoisotopic (exact) mass is 447 g/mol. The largest absolute Gasteiger partial charge is 0.573 e. The van der Waals surface area contributed by atoms with Crippen molar-refractivity contribution >= 4 is 5.95 Å². The van der Waals surface area contributed by atoms with Crippen molar-refractivity contribution in [3.8, 4) is 17.4 Å². The second kappa shape index (κ2) is 8.66. The molecule has 3 rings (SSSR count). The van der Waals surface area contributed by atoms with E-state index in [1.807, 2.05) is 0 Å². The summed E-state index contributed by atoms with van der Waals surface area (Å²) in [5, 5.41) is 2.79. The van der Waals surface area contributed by atoms with Crippen LogP contribution in [0.1, 0.15) is 11.1 Å². The molecule has 0 radical (unpaired) electrons. The zero-order chi connectivity index (χ0) is 22.6. The zero-order valence-electron chi connectivity index (χ0n) is 15.3. The van der Waals surface area contributed by atoms with Crippen LogP contribution in [0.5, 0.6) is 17.4 Å². The second-order valence-electron chi connectivity index (χ2n) is 6.01. The van der Waals surface area contributed by atoms with Gasteiger partial charge in [0, 0.05) is 18.8 Å². The maximum Gasteiger partial charge on any atom is 0.573 e. The van der Waals surface area contributed by atoms with Crippen LogP contribution in [0.15, 0.2) is 54.7 Å². The summed E-state index contributed by atoms with van der Waals surface area (Å²) in [5.74, 6) is -2.15. The summed E-state index contributed by atoms with van der Waals surface area (Å²) in [6, 6.07) is 8.50. The highest BCUT2D eigenvalue weighted by Crippen LogP contribution is 2.34. The molecule has 2 aromatic carbocycles. The van der Waals surface area contributed by atoms with Gasteiger partial charge in [-0.25, -0.2) is 9.37 Å². The summed E-state index contributed by atoms with van der Waals surface area (Å²) in [7, 11) is 0. The third kappa shape index (κ3) is 6.46. The van der Waals surface area contributed by atoms with E-state index in [-0.39, 0.29) is 29.9 Å². The number of ether oxygens (including phenoxy) is 2. The van der Waals surface area contributed by atoms with E-state index in [1.165, 1.54) is 24.4 Å². The maximum atomic E-state index is 13.4. The van der Waals surface area contributed by atoms with Crippen molar-refractivity contribution in [1.82, 2.24) is 9.97 Å². The number of alkyl halides is 6. The highest BCUT2D eigenvalue weighted by Gasteiger charge is 2.34. The molecule has 0 aliphatic carbocycles. The lowest BCUT2D eigenvalue weighted by molar-refractivity contribution is -0.274. The van der Waals surface area contributed by atoms with Crippen molar-refractivity contribution in [2.45, 2.75) is 19.1 Å². The number of hydrogen-bond donors (Lipinski definition) is 1. The fourth-order valence-corrected chi connectivity index (χ4v) is 2.38. The minimum Gasteiger partial charge on any atom is -0.439 e. The van der Waals surface area contributed by atoms with E-state index in [0.29, 0.717) is 17.7 Å². The second-order valence-corrected chi connectivity index (χ2v) is 6.01. The Morgan fingerprint density at radius 1 is 0.871 bits per heavy atom. The fourth-order valence-electron chi connectivity index (χ4n) is 2.38. The van der Waals surface area contributed by atoms with Crippen molar-refractivity contribution < 1.29 is 40.2 Å². The van der Waals surface area contributed by atoms with E-state index in [0.717, 1.165) is 18.2 Å². The van der Waals surface area contributed by atoms with E-state index in [2.05, 4.69) is 20.0 Å². The Bertz CT molecular complexity index is 1040. The van der Waals surface area contributed by atoms with Gasteiger partial charge in [-0.3, -0.25) is 0 Å². The highest BCUT2D eigenvalue weighted by molar-refractivity contribution is 5.36. The van der Waals surface area contributed by atoms with Crippen molar-refractivity contribution in [2.24, 2.45) is 0 Å². The zero-order valence-corrected chi connectivity index (χ0v) is 15.3. The lowest BCUT2D eigenvalue weighted by Gasteiger charge is -2.11. The number of aromatic nitrogens is 2. The molecule has 0 amide bonds. The Morgan fingerprint density at radius 3 is 2.19 bits per heavy atom. The molecule has 0 unspecified atom stereocenters. The van der Waals surface area contributed by atoms with Gasteiger partial charge in [0.25, 0.3) is 0 Å². The molecule has 164 valence electrons. The van der Waals surface area contributed by atoms with E-state index < -0.39 is 23.9 Å². The van der Waals surface area contributed by atoms with Crippen molar-refractivity contribution in [1.29, 1.82) is 0 Å². The van der Waals surface area contributed by atoms with Crippen molar-refractivity contribution in [2.75, 3.05) is 5.32 Å². The van der Waals surface area contributed by atoms with E-state index in [9.17, 15) is 30.7 Å². The summed E-state index contributed by atoms with van der Waals surface area (Å²) in [5.41, 5.74) is -0.895. The third-order valence-corrected chi connectivity index (χ3v) is 3.70. The maximum absolute atomic E-state index is 13.4. The molecule has 3 aromatic rings. The number of halogens is 7. The first kappa shape index (κ1) is 22.1. The molecule has 1 N–H and O–H groups in total. The van der Waals surface area contributed by atoms with Gasteiger partial charge < -0.3 is 14.8 Å². The quantitative estimate of drug-likeness (QED) is 0.474.